The quantitative estimate of drug-likeness (QED) is 0.163. The summed E-state index contributed by atoms with van der Waals surface area (Å²) in [5.74, 6) is 0.895. The van der Waals surface area contributed by atoms with Crippen LogP contribution in [0.3, 0.4) is 0 Å². The maximum Gasteiger partial charge on any atom is 0.161 e. The Morgan fingerprint density at radius 2 is 0.958 bits per heavy atom. The first-order valence-corrected chi connectivity index (χ1v) is 12.9. The van der Waals surface area contributed by atoms with Gasteiger partial charge in [0.2, 0.25) is 0 Å². The van der Waals surface area contributed by atoms with E-state index in [0.717, 1.165) is 12.5 Å². The summed E-state index contributed by atoms with van der Waals surface area (Å²) in [6, 6.07) is 1.39. The minimum Gasteiger partial charge on any atom is -0.424 e. The minimum absolute atomic E-state index is 0.157. The fourth-order valence-corrected chi connectivity index (χ4v) is 4.43. The lowest BCUT2D eigenvalue weighted by molar-refractivity contribution is 0.358. The van der Waals surface area contributed by atoms with Crippen LogP contribution in [-0.2, 0) is 4.43 Å². The van der Waals surface area contributed by atoms with Crippen LogP contribution in [-0.4, -0.2) is 16.4 Å². The molecule has 0 fully saturated rings. The lowest BCUT2D eigenvalue weighted by Crippen LogP contribution is -1.96. The Morgan fingerprint density at radius 3 is 1.33 bits per heavy atom. The first kappa shape index (κ1) is 24.2. The van der Waals surface area contributed by atoms with Gasteiger partial charge < -0.3 is 4.43 Å². The highest BCUT2D eigenvalue weighted by molar-refractivity contribution is 6.26. The molecule has 0 aliphatic heterocycles. The van der Waals surface area contributed by atoms with Crippen LogP contribution >= 0.6 is 0 Å². The van der Waals surface area contributed by atoms with Crippen molar-refractivity contribution in [3.63, 3.8) is 0 Å². The highest BCUT2D eigenvalue weighted by Gasteiger charge is 1.96. The van der Waals surface area contributed by atoms with E-state index in [1.165, 1.54) is 109 Å². The van der Waals surface area contributed by atoms with Crippen LogP contribution in [0.15, 0.2) is 0 Å². The summed E-state index contributed by atoms with van der Waals surface area (Å²) in [4.78, 5) is 0. The number of hydrogen-bond donors (Lipinski definition) is 0. The van der Waals surface area contributed by atoms with Gasteiger partial charge in [0.25, 0.3) is 0 Å². The maximum atomic E-state index is 5.51. The molecule has 0 aromatic heterocycles. The van der Waals surface area contributed by atoms with E-state index in [2.05, 4.69) is 20.8 Å². The summed E-state index contributed by atoms with van der Waals surface area (Å²) in [6.45, 7) is 7.73. The normalized spacial score (nSPS) is 12.0. The van der Waals surface area contributed by atoms with Gasteiger partial charge in [0.05, 0.1) is 0 Å². The van der Waals surface area contributed by atoms with Gasteiger partial charge in [-0.2, -0.15) is 0 Å². The number of hydrogen-bond acceptors (Lipinski definition) is 1. The maximum absolute atomic E-state index is 5.51. The van der Waals surface area contributed by atoms with Crippen LogP contribution in [0.2, 0.25) is 6.04 Å². The summed E-state index contributed by atoms with van der Waals surface area (Å²) >= 11 is 0. The Balaban J connectivity index is 2.95. The van der Waals surface area contributed by atoms with E-state index < -0.39 is 0 Å². The molecule has 0 aromatic carbocycles. The van der Waals surface area contributed by atoms with Gasteiger partial charge in [0, 0.05) is 6.61 Å². The largest absolute Gasteiger partial charge is 0.424 e. The third kappa shape index (κ3) is 22.2. The highest BCUT2D eigenvalue weighted by Crippen LogP contribution is 2.15. The van der Waals surface area contributed by atoms with Gasteiger partial charge in [0.1, 0.15) is 0 Å². The van der Waals surface area contributed by atoms with Crippen LogP contribution in [0.25, 0.3) is 0 Å². The molecule has 0 radical (unpaired) electrons. The first-order chi connectivity index (χ1) is 11.8. The second kappa shape index (κ2) is 21.2. The second-order valence-corrected chi connectivity index (χ2v) is 9.56. The van der Waals surface area contributed by atoms with Crippen LogP contribution in [0.1, 0.15) is 124 Å². The van der Waals surface area contributed by atoms with Gasteiger partial charge in [-0.25, -0.2) is 0 Å². The van der Waals surface area contributed by atoms with Crippen molar-refractivity contribution >= 4 is 9.76 Å². The van der Waals surface area contributed by atoms with Gasteiger partial charge >= 0.3 is 0 Å². The summed E-state index contributed by atoms with van der Waals surface area (Å²) in [6.07, 6.45) is 23.4. The molecule has 0 saturated heterocycles. The van der Waals surface area contributed by atoms with Crippen molar-refractivity contribution in [2.45, 2.75) is 130 Å². The van der Waals surface area contributed by atoms with E-state index in [9.17, 15) is 0 Å². The molecule has 0 N–H and O–H groups in total. The van der Waals surface area contributed by atoms with Gasteiger partial charge in [-0.05, 0) is 18.9 Å². The predicted molar refractivity (Wildman–Crippen MR) is 114 cm³/mol. The third-order valence-corrected chi connectivity index (χ3v) is 6.51. The fourth-order valence-electron chi connectivity index (χ4n) is 3.38. The molecule has 0 amide bonds. The Bertz CT molecular complexity index is 218. The standard InChI is InChI=1S/C22H48OSi/c1-4-23-24-21-19-17-15-13-11-9-7-5-6-8-10-12-14-16-18-20-22(2)3/h22H,4-21,24H2,1-3H3. The van der Waals surface area contributed by atoms with Crippen molar-refractivity contribution in [2.24, 2.45) is 5.92 Å². The zero-order chi connectivity index (χ0) is 17.7. The molecule has 24 heavy (non-hydrogen) atoms. The molecule has 0 heterocycles. The average molecular weight is 357 g/mol. The molecule has 0 spiro atoms. The van der Waals surface area contributed by atoms with Gasteiger partial charge in [0.15, 0.2) is 9.76 Å². The topological polar surface area (TPSA) is 9.23 Å². The molecular weight excluding hydrogens is 308 g/mol. The van der Waals surface area contributed by atoms with Gasteiger partial charge in [-0.15, -0.1) is 0 Å². The average Bonchev–Trinajstić information content (AvgIpc) is 2.56. The van der Waals surface area contributed by atoms with Crippen molar-refractivity contribution in [1.82, 2.24) is 0 Å². The highest BCUT2D eigenvalue weighted by atomic mass is 28.2. The van der Waals surface area contributed by atoms with Crippen molar-refractivity contribution in [2.75, 3.05) is 6.61 Å². The molecule has 0 aromatic rings. The molecule has 0 saturated carbocycles. The third-order valence-electron chi connectivity index (χ3n) is 5.02. The summed E-state index contributed by atoms with van der Waals surface area (Å²) in [5, 5.41) is 0. The Labute approximate surface area is 156 Å². The molecule has 0 atom stereocenters. The summed E-state index contributed by atoms with van der Waals surface area (Å²) in [7, 11) is -0.157. The van der Waals surface area contributed by atoms with Crippen LogP contribution in [0.5, 0.6) is 0 Å². The second-order valence-electron chi connectivity index (χ2n) is 8.04. The van der Waals surface area contributed by atoms with E-state index in [-0.39, 0.29) is 9.76 Å². The molecule has 0 bridgehead atoms. The molecule has 0 unspecified atom stereocenters. The first-order valence-electron chi connectivity index (χ1n) is 11.3. The SMILES string of the molecule is CCO[SiH2]CCCCCCCCCCCCCCCCCC(C)C. The van der Waals surface area contributed by atoms with Crippen LogP contribution in [0.4, 0.5) is 0 Å². The Morgan fingerprint density at radius 1 is 0.583 bits per heavy atom. The Kier molecular flexibility index (Phi) is 21.4. The lowest BCUT2D eigenvalue weighted by Gasteiger charge is -2.05. The molecule has 0 aliphatic rings. The minimum atomic E-state index is -0.157. The molecule has 146 valence electrons. The number of unbranched alkanes of at least 4 members (excludes halogenated alkanes) is 14. The molecular formula is C22H48OSi. The number of rotatable bonds is 20. The lowest BCUT2D eigenvalue weighted by atomic mass is 10.0. The van der Waals surface area contributed by atoms with Crippen molar-refractivity contribution in [1.29, 1.82) is 0 Å². The van der Waals surface area contributed by atoms with Crippen molar-refractivity contribution in [3.05, 3.63) is 0 Å². The molecule has 1 nitrogen and oxygen atoms in total. The van der Waals surface area contributed by atoms with E-state index in [1.54, 1.807) is 0 Å². The van der Waals surface area contributed by atoms with Gasteiger partial charge in [-0.3, -0.25) is 0 Å². The molecule has 0 rings (SSSR count). The van der Waals surface area contributed by atoms with Crippen LogP contribution in [0, 0.1) is 5.92 Å². The van der Waals surface area contributed by atoms with E-state index in [0.29, 0.717) is 0 Å². The zero-order valence-electron chi connectivity index (χ0n) is 17.4. The van der Waals surface area contributed by atoms with Crippen molar-refractivity contribution < 1.29 is 4.43 Å². The zero-order valence-corrected chi connectivity index (χ0v) is 18.8. The summed E-state index contributed by atoms with van der Waals surface area (Å²) in [5.41, 5.74) is 0. The van der Waals surface area contributed by atoms with E-state index in [1.807, 2.05) is 0 Å². The fraction of sp³-hybridized carbons (Fsp3) is 1.00. The smallest absolute Gasteiger partial charge is 0.161 e. The summed E-state index contributed by atoms with van der Waals surface area (Å²) < 4.78 is 5.51. The van der Waals surface area contributed by atoms with Crippen LogP contribution < -0.4 is 0 Å². The van der Waals surface area contributed by atoms with Gasteiger partial charge in [-0.1, -0.05) is 117 Å². The van der Waals surface area contributed by atoms with E-state index >= 15 is 0 Å². The van der Waals surface area contributed by atoms with E-state index in [4.69, 9.17) is 4.43 Å². The molecule has 2 heteroatoms. The Hall–Kier alpha value is 0.177. The van der Waals surface area contributed by atoms with Crippen molar-refractivity contribution in [3.8, 4) is 0 Å². The molecule has 0 aliphatic carbocycles. The monoisotopic (exact) mass is 356 g/mol. The predicted octanol–water partition coefficient (Wildman–Crippen LogP) is 7.42.